The molecule has 1 amide bonds. The fourth-order valence-electron chi connectivity index (χ4n) is 3.89. The van der Waals surface area contributed by atoms with Crippen molar-refractivity contribution in [3.05, 3.63) is 75.2 Å². The first kappa shape index (κ1) is 25.4. The Hall–Kier alpha value is -3.19. The maximum absolute atomic E-state index is 13.2. The van der Waals surface area contributed by atoms with Gasteiger partial charge in [0.2, 0.25) is 5.91 Å². The van der Waals surface area contributed by atoms with E-state index in [0.717, 1.165) is 15.8 Å². The average molecular weight is 483 g/mol. The summed E-state index contributed by atoms with van der Waals surface area (Å²) in [5.41, 5.74) is 1.91. The highest BCUT2D eigenvalue weighted by Crippen LogP contribution is 2.28. The molecular weight excluding hydrogens is 452 g/mol. The average Bonchev–Trinajstić information content (AvgIpc) is 3.03. The van der Waals surface area contributed by atoms with Gasteiger partial charge in [-0.15, -0.1) is 5.10 Å². The summed E-state index contributed by atoms with van der Waals surface area (Å²) in [6.45, 7) is 9.36. The van der Waals surface area contributed by atoms with Crippen molar-refractivity contribution in [2.45, 2.75) is 65.6 Å². The number of rotatable bonds is 9. The maximum atomic E-state index is 13.2. The summed E-state index contributed by atoms with van der Waals surface area (Å²) < 4.78 is 2.43. The number of carbonyl (C=O) groups is 2. The molecule has 3 rings (SSSR count). The SMILES string of the molecule is Cc1cccc(C(C)(C)CC(=O)Cn2nc(-c3ccc(Cl)cc3)n(CC(=O)NC(C)C)c2=O)c1. The number of nitrogens with one attached hydrogen (secondary N) is 1. The summed E-state index contributed by atoms with van der Waals surface area (Å²) in [4.78, 5) is 38.6. The third kappa shape index (κ3) is 6.23. The van der Waals surface area contributed by atoms with Crippen molar-refractivity contribution >= 4 is 23.3 Å². The van der Waals surface area contributed by atoms with Crippen LogP contribution in [0.2, 0.25) is 5.02 Å². The molecule has 1 heterocycles. The van der Waals surface area contributed by atoms with Crippen LogP contribution in [0.25, 0.3) is 11.4 Å². The summed E-state index contributed by atoms with van der Waals surface area (Å²) in [6.07, 6.45) is 0.250. The lowest BCUT2D eigenvalue weighted by Crippen LogP contribution is -2.37. The molecule has 0 atom stereocenters. The van der Waals surface area contributed by atoms with Gasteiger partial charge in [0.15, 0.2) is 11.6 Å². The van der Waals surface area contributed by atoms with Crippen molar-refractivity contribution < 1.29 is 9.59 Å². The number of Topliss-reactive ketones (excluding diaryl/α,β-unsaturated/α-hetero) is 1. The highest BCUT2D eigenvalue weighted by Gasteiger charge is 2.26. The van der Waals surface area contributed by atoms with E-state index in [-0.39, 0.29) is 37.2 Å². The van der Waals surface area contributed by atoms with Gasteiger partial charge >= 0.3 is 5.69 Å². The first-order valence-electron chi connectivity index (χ1n) is 11.3. The standard InChI is InChI=1S/C26H31ClN4O3/c1-17(2)28-23(33)16-30-24(19-9-11-21(27)12-10-19)29-31(25(30)34)15-22(32)14-26(4,5)20-8-6-7-18(3)13-20/h6-13,17H,14-16H2,1-5H3,(H,28,33). The first-order valence-corrected chi connectivity index (χ1v) is 11.7. The van der Waals surface area contributed by atoms with Gasteiger partial charge in [-0.1, -0.05) is 55.3 Å². The predicted molar refractivity (Wildman–Crippen MR) is 134 cm³/mol. The fraction of sp³-hybridized carbons (Fsp3) is 0.385. The zero-order valence-electron chi connectivity index (χ0n) is 20.3. The molecule has 0 spiro atoms. The monoisotopic (exact) mass is 482 g/mol. The van der Waals surface area contributed by atoms with E-state index in [1.54, 1.807) is 24.3 Å². The van der Waals surface area contributed by atoms with Gasteiger partial charge in [0, 0.05) is 23.0 Å². The highest BCUT2D eigenvalue weighted by atomic mass is 35.5. The Morgan fingerprint density at radius 1 is 1.09 bits per heavy atom. The zero-order chi connectivity index (χ0) is 25.0. The van der Waals surface area contributed by atoms with Crippen LogP contribution in [-0.4, -0.2) is 32.1 Å². The number of aryl methyl sites for hydroxylation is 1. The van der Waals surface area contributed by atoms with Gasteiger partial charge in [-0.2, -0.15) is 0 Å². The van der Waals surface area contributed by atoms with E-state index in [9.17, 15) is 14.4 Å². The Balaban J connectivity index is 1.89. The van der Waals surface area contributed by atoms with Crippen LogP contribution >= 0.6 is 11.6 Å². The van der Waals surface area contributed by atoms with Crippen LogP contribution < -0.4 is 11.0 Å². The van der Waals surface area contributed by atoms with E-state index in [4.69, 9.17) is 11.6 Å². The summed E-state index contributed by atoms with van der Waals surface area (Å²) in [6, 6.07) is 14.8. The Morgan fingerprint density at radius 3 is 2.38 bits per heavy atom. The second-order valence-corrected chi connectivity index (χ2v) is 9.98. The molecular formula is C26H31ClN4O3. The normalized spacial score (nSPS) is 11.6. The number of hydrogen-bond donors (Lipinski definition) is 1. The molecule has 1 N–H and O–H groups in total. The van der Waals surface area contributed by atoms with Gasteiger partial charge < -0.3 is 5.32 Å². The van der Waals surface area contributed by atoms with E-state index < -0.39 is 11.1 Å². The Labute approximate surface area is 204 Å². The van der Waals surface area contributed by atoms with E-state index in [2.05, 4.69) is 16.5 Å². The van der Waals surface area contributed by atoms with Crippen LogP contribution in [0.1, 0.15) is 45.2 Å². The molecule has 3 aromatic rings. The molecule has 0 bridgehead atoms. The largest absolute Gasteiger partial charge is 0.352 e. The highest BCUT2D eigenvalue weighted by molar-refractivity contribution is 6.30. The van der Waals surface area contributed by atoms with E-state index >= 15 is 0 Å². The molecule has 0 aliphatic carbocycles. The number of aromatic nitrogens is 3. The minimum Gasteiger partial charge on any atom is -0.352 e. The quantitative estimate of drug-likeness (QED) is 0.496. The molecule has 8 heteroatoms. The topological polar surface area (TPSA) is 86.0 Å². The summed E-state index contributed by atoms with van der Waals surface area (Å²) in [7, 11) is 0. The molecule has 0 saturated carbocycles. The van der Waals surface area contributed by atoms with Crippen molar-refractivity contribution in [2.75, 3.05) is 0 Å². The summed E-state index contributed by atoms with van der Waals surface area (Å²) in [5, 5.41) is 7.75. The third-order valence-corrected chi connectivity index (χ3v) is 5.79. The summed E-state index contributed by atoms with van der Waals surface area (Å²) in [5.74, 6) is -0.113. The lowest BCUT2D eigenvalue weighted by Gasteiger charge is -2.24. The molecule has 0 aliphatic rings. The van der Waals surface area contributed by atoms with Crippen molar-refractivity contribution in [3.63, 3.8) is 0 Å². The number of hydrogen-bond acceptors (Lipinski definition) is 4. The molecule has 180 valence electrons. The molecule has 0 fully saturated rings. The fourth-order valence-corrected chi connectivity index (χ4v) is 4.02. The van der Waals surface area contributed by atoms with Crippen molar-refractivity contribution in [1.29, 1.82) is 0 Å². The number of nitrogens with zero attached hydrogens (tertiary/aromatic N) is 3. The lowest BCUT2D eigenvalue weighted by molar-refractivity contribution is -0.122. The van der Waals surface area contributed by atoms with Crippen molar-refractivity contribution in [1.82, 2.24) is 19.7 Å². The second kappa shape index (κ2) is 10.4. The zero-order valence-corrected chi connectivity index (χ0v) is 21.0. The van der Waals surface area contributed by atoms with Crippen LogP contribution in [0, 0.1) is 6.92 Å². The number of halogens is 1. The van der Waals surface area contributed by atoms with Crippen LogP contribution in [0.5, 0.6) is 0 Å². The Bertz CT molecular complexity index is 1240. The van der Waals surface area contributed by atoms with Crippen LogP contribution in [0.4, 0.5) is 0 Å². The Kier molecular flexibility index (Phi) is 7.77. The van der Waals surface area contributed by atoms with Gasteiger partial charge in [-0.3, -0.25) is 14.2 Å². The second-order valence-electron chi connectivity index (χ2n) is 9.55. The van der Waals surface area contributed by atoms with Crippen LogP contribution in [-0.2, 0) is 28.1 Å². The van der Waals surface area contributed by atoms with E-state index in [1.165, 1.54) is 4.57 Å². The van der Waals surface area contributed by atoms with Gasteiger partial charge in [0.1, 0.15) is 13.1 Å². The van der Waals surface area contributed by atoms with Crippen LogP contribution in [0.15, 0.2) is 53.3 Å². The van der Waals surface area contributed by atoms with E-state index in [1.807, 2.05) is 52.8 Å². The predicted octanol–water partition coefficient (Wildman–Crippen LogP) is 4.14. The molecule has 0 aliphatic heterocycles. The maximum Gasteiger partial charge on any atom is 0.347 e. The number of carbonyl (C=O) groups excluding carboxylic acids is 2. The van der Waals surface area contributed by atoms with Gasteiger partial charge in [0.05, 0.1) is 0 Å². The van der Waals surface area contributed by atoms with E-state index in [0.29, 0.717) is 16.4 Å². The molecule has 34 heavy (non-hydrogen) atoms. The molecule has 7 nitrogen and oxygen atoms in total. The van der Waals surface area contributed by atoms with Gasteiger partial charge in [-0.25, -0.2) is 9.48 Å². The lowest BCUT2D eigenvalue weighted by atomic mass is 9.79. The molecule has 2 aromatic carbocycles. The first-order chi connectivity index (χ1) is 16.0. The van der Waals surface area contributed by atoms with Gasteiger partial charge in [0.25, 0.3) is 0 Å². The van der Waals surface area contributed by atoms with Gasteiger partial charge in [-0.05, 0) is 56.0 Å². The number of ketones is 1. The van der Waals surface area contributed by atoms with Crippen molar-refractivity contribution in [3.8, 4) is 11.4 Å². The minimum absolute atomic E-state index is 0.0670. The minimum atomic E-state index is -0.509. The molecule has 0 saturated heterocycles. The summed E-state index contributed by atoms with van der Waals surface area (Å²) >= 11 is 6.00. The van der Waals surface area contributed by atoms with Crippen LogP contribution in [0.3, 0.4) is 0 Å². The smallest absolute Gasteiger partial charge is 0.347 e. The van der Waals surface area contributed by atoms with Crippen molar-refractivity contribution in [2.24, 2.45) is 0 Å². The third-order valence-electron chi connectivity index (χ3n) is 5.54. The number of benzene rings is 2. The molecule has 1 aromatic heterocycles. The molecule has 0 unspecified atom stereocenters. The Morgan fingerprint density at radius 2 is 1.76 bits per heavy atom. The number of amides is 1. The molecule has 0 radical (unpaired) electrons.